The van der Waals surface area contributed by atoms with E-state index in [0.29, 0.717) is 24.3 Å². The molecule has 112 valence electrons. The number of carbonyl (C=O) groups excluding carboxylic acids is 1. The lowest BCUT2D eigenvalue weighted by atomic mass is 9.85. The number of piperidine rings is 1. The van der Waals surface area contributed by atoms with Crippen LogP contribution < -0.4 is 0 Å². The summed E-state index contributed by atoms with van der Waals surface area (Å²) in [5.74, 6) is 0.685. The number of hydrogen-bond donors (Lipinski definition) is 0. The lowest BCUT2D eigenvalue weighted by Gasteiger charge is -2.38. The molecule has 21 heavy (non-hydrogen) atoms. The summed E-state index contributed by atoms with van der Waals surface area (Å²) in [5, 5.41) is 0. The first-order chi connectivity index (χ1) is 10.1. The highest BCUT2D eigenvalue weighted by Crippen LogP contribution is 2.40. The molecule has 0 N–H and O–H groups in total. The van der Waals surface area contributed by atoms with Crippen molar-refractivity contribution in [2.24, 2.45) is 5.92 Å². The molecule has 0 radical (unpaired) electrons. The fraction of sp³-hybridized carbons (Fsp3) is 0.526. The summed E-state index contributed by atoms with van der Waals surface area (Å²) in [4.78, 5) is 15.0. The SMILES string of the molecule is C=C(C)CC(=O)C1CC2CCC(C1)N2Cc1ccccc1. The van der Waals surface area contributed by atoms with Gasteiger partial charge in [-0.1, -0.05) is 42.5 Å². The molecule has 0 spiro atoms. The van der Waals surface area contributed by atoms with Gasteiger partial charge in [0.05, 0.1) is 0 Å². The van der Waals surface area contributed by atoms with E-state index in [9.17, 15) is 4.79 Å². The summed E-state index contributed by atoms with van der Waals surface area (Å²) in [7, 11) is 0. The Kier molecular flexibility index (Phi) is 4.25. The van der Waals surface area contributed by atoms with Crippen molar-refractivity contribution in [3.63, 3.8) is 0 Å². The Morgan fingerprint density at radius 1 is 1.19 bits per heavy atom. The minimum absolute atomic E-state index is 0.270. The number of Topliss-reactive ketones (excluding diaryl/α,β-unsaturated/α-hetero) is 1. The first-order valence-corrected chi connectivity index (χ1v) is 8.10. The molecule has 2 aliphatic rings. The molecular formula is C19H25NO. The van der Waals surface area contributed by atoms with E-state index < -0.39 is 0 Å². The Hall–Kier alpha value is -1.41. The number of benzene rings is 1. The van der Waals surface area contributed by atoms with Crippen molar-refractivity contribution in [3.8, 4) is 0 Å². The van der Waals surface area contributed by atoms with Crippen molar-refractivity contribution in [3.05, 3.63) is 48.0 Å². The average Bonchev–Trinajstić information content (AvgIpc) is 2.70. The molecule has 3 rings (SSSR count). The van der Waals surface area contributed by atoms with Crippen LogP contribution in [0.5, 0.6) is 0 Å². The van der Waals surface area contributed by atoms with E-state index in [0.717, 1.165) is 25.0 Å². The standard InChI is InChI=1S/C19H25NO/c1-14(2)10-19(21)16-11-17-8-9-18(12-16)20(17)13-15-6-4-3-5-7-15/h3-7,16-18H,1,8-13H2,2H3. The second kappa shape index (κ2) is 6.15. The molecule has 2 aliphatic heterocycles. The molecule has 0 saturated carbocycles. The largest absolute Gasteiger partial charge is 0.299 e. The molecule has 1 aromatic carbocycles. The van der Waals surface area contributed by atoms with Crippen LogP contribution >= 0.6 is 0 Å². The van der Waals surface area contributed by atoms with Gasteiger partial charge in [0.2, 0.25) is 0 Å². The fourth-order valence-corrected chi connectivity index (χ4v) is 4.03. The number of allylic oxidation sites excluding steroid dienone is 1. The maximum Gasteiger partial charge on any atom is 0.140 e. The quantitative estimate of drug-likeness (QED) is 0.762. The van der Waals surface area contributed by atoms with Crippen LogP contribution in [0.2, 0.25) is 0 Å². The maximum absolute atomic E-state index is 12.3. The fourth-order valence-electron chi connectivity index (χ4n) is 4.03. The van der Waals surface area contributed by atoms with Gasteiger partial charge in [-0.05, 0) is 38.2 Å². The van der Waals surface area contributed by atoms with Crippen molar-refractivity contribution < 1.29 is 4.79 Å². The summed E-state index contributed by atoms with van der Waals surface area (Å²) in [6.07, 6.45) is 5.19. The highest BCUT2D eigenvalue weighted by atomic mass is 16.1. The third-order valence-corrected chi connectivity index (χ3v) is 5.02. The molecule has 2 bridgehead atoms. The molecule has 2 unspecified atom stereocenters. The maximum atomic E-state index is 12.3. The first kappa shape index (κ1) is 14.5. The van der Waals surface area contributed by atoms with E-state index in [-0.39, 0.29) is 5.92 Å². The minimum atomic E-state index is 0.270. The average molecular weight is 283 g/mol. The second-order valence-electron chi connectivity index (χ2n) is 6.81. The predicted molar refractivity (Wildman–Crippen MR) is 86.0 cm³/mol. The molecule has 2 atom stereocenters. The Morgan fingerprint density at radius 2 is 1.81 bits per heavy atom. The molecule has 0 aliphatic carbocycles. The van der Waals surface area contributed by atoms with Crippen molar-refractivity contribution in [1.82, 2.24) is 4.90 Å². The first-order valence-electron chi connectivity index (χ1n) is 8.10. The molecule has 2 heteroatoms. The van der Waals surface area contributed by atoms with Gasteiger partial charge in [-0.25, -0.2) is 0 Å². The third kappa shape index (κ3) is 3.26. The molecule has 2 heterocycles. The summed E-state index contributed by atoms with van der Waals surface area (Å²) in [6.45, 7) is 6.88. The minimum Gasteiger partial charge on any atom is -0.299 e. The van der Waals surface area contributed by atoms with Crippen LogP contribution in [0.15, 0.2) is 42.5 Å². The zero-order valence-corrected chi connectivity index (χ0v) is 12.9. The van der Waals surface area contributed by atoms with Gasteiger partial charge in [0.1, 0.15) is 5.78 Å². The van der Waals surface area contributed by atoms with E-state index in [1.165, 1.54) is 18.4 Å². The van der Waals surface area contributed by atoms with Crippen LogP contribution in [-0.2, 0) is 11.3 Å². The molecule has 2 saturated heterocycles. The van der Waals surface area contributed by atoms with E-state index in [1.807, 2.05) is 6.92 Å². The van der Waals surface area contributed by atoms with Gasteiger partial charge >= 0.3 is 0 Å². The van der Waals surface area contributed by atoms with E-state index >= 15 is 0 Å². The lowest BCUT2D eigenvalue weighted by molar-refractivity contribution is -0.124. The summed E-state index contributed by atoms with van der Waals surface area (Å²) < 4.78 is 0. The number of carbonyl (C=O) groups is 1. The molecule has 0 amide bonds. The van der Waals surface area contributed by atoms with Gasteiger partial charge < -0.3 is 0 Å². The molecular weight excluding hydrogens is 258 g/mol. The normalized spacial score (nSPS) is 28.5. The van der Waals surface area contributed by atoms with Crippen molar-refractivity contribution >= 4 is 5.78 Å². The van der Waals surface area contributed by atoms with Gasteiger partial charge in [0.25, 0.3) is 0 Å². The predicted octanol–water partition coefficient (Wildman–Crippen LogP) is 3.96. The molecule has 0 aromatic heterocycles. The Bertz CT molecular complexity index is 508. The molecule has 2 fully saturated rings. The number of nitrogens with zero attached hydrogens (tertiary/aromatic N) is 1. The number of hydrogen-bond acceptors (Lipinski definition) is 2. The van der Waals surface area contributed by atoms with Crippen molar-refractivity contribution in [1.29, 1.82) is 0 Å². The number of fused-ring (bicyclic) bond motifs is 2. The van der Waals surface area contributed by atoms with Crippen molar-refractivity contribution in [2.75, 3.05) is 0 Å². The Morgan fingerprint density at radius 3 is 2.38 bits per heavy atom. The summed E-state index contributed by atoms with van der Waals surface area (Å²) >= 11 is 0. The highest BCUT2D eigenvalue weighted by Gasteiger charge is 2.42. The van der Waals surface area contributed by atoms with Gasteiger partial charge in [0, 0.05) is 31.0 Å². The van der Waals surface area contributed by atoms with Crippen LogP contribution in [-0.4, -0.2) is 22.8 Å². The topological polar surface area (TPSA) is 20.3 Å². The van der Waals surface area contributed by atoms with E-state index in [2.05, 4.69) is 41.8 Å². The second-order valence-corrected chi connectivity index (χ2v) is 6.81. The monoisotopic (exact) mass is 283 g/mol. The number of rotatable bonds is 5. The lowest BCUT2D eigenvalue weighted by Crippen LogP contribution is -2.44. The van der Waals surface area contributed by atoms with E-state index in [1.54, 1.807) is 0 Å². The Balaban J connectivity index is 1.64. The van der Waals surface area contributed by atoms with Crippen LogP contribution in [0.25, 0.3) is 0 Å². The smallest absolute Gasteiger partial charge is 0.140 e. The van der Waals surface area contributed by atoms with Crippen molar-refractivity contribution in [2.45, 2.75) is 57.7 Å². The zero-order chi connectivity index (χ0) is 14.8. The van der Waals surface area contributed by atoms with Crippen LogP contribution in [0.3, 0.4) is 0 Å². The highest BCUT2D eigenvalue weighted by molar-refractivity contribution is 5.83. The van der Waals surface area contributed by atoms with Crippen LogP contribution in [0, 0.1) is 5.92 Å². The van der Waals surface area contributed by atoms with Gasteiger partial charge in [-0.2, -0.15) is 0 Å². The van der Waals surface area contributed by atoms with Gasteiger partial charge in [-0.15, -0.1) is 0 Å². The van der Waals surface area contributed by atoms with Gasteiger partial charge in [-0.3, -0.25) is 9.69 Å². The molecule has 2 nitrogen and oxygen atoms in total. The third-order valence-electron chi connectivity index (χ3n) is 5.02. The van der Waals surface area contributed by atoms with Gasteiger partial charge in [0.15, 0.2) is 0 Å². The van der Waals surface area contributed by atoms with Crippen LogP contribution in [0.4, 0.5) is 0 Å². The molecule has 1 aromatic rings. The zero-order valence-electron chi connectivity index (χ0n) is 12.9. The Labute approximate surface area is 127 Å². The number of ketones is 1. The van der Waals surface area contributed by atoms with E-state index in [4.69, 9.17) is 0 Å². The summed E-state index contributed by atoms with van der Waals surface area (Å²) in [6, 6.07) is 11.9. The summed E-state index contributed by atoms with van der Waals surface area (Å²) in [5.41, 5.74) is 2.39. The van der Waals surface area contributed by atoms with Crippen LogP contribution in [0.1, 0.15) is 44.6 Å².